The molecule has 9 heteroatoms. The average Bonchev–Trinajstić information content (AvgIpc) is 3.20. The van der Waals surface area contributed by atoms with Crippen molar-refractivity contribution >= 4 is 23.2 Å². The van der Waals surface area contributed by atoms with Gasteiger partial charge in [-0.3, -0.25) is 19.2 Å². The van der Waals surface area contributed by atoms with Crippen LogP contribution < -0.4 is 0 Å². The molecule has 1 aliphatic heterocycles. The molecule has 0 aliphatic carbocycles. The lowest BCUT2D eigenvalue weighted by Gasteiger charge is -2.20. The number of aromatic nitrogens is 3. The molecule has 0 aromatic carbocycles. The van der Waals surface area contributed by atoms with Crippen molar-refractivity contribution < 1.29 is 14.3 Å². The molecule has 0 atom stereocenters. The SMILES string of the molecule is CCOC(=O)CN1CCCN(C(=O)c2csc(-c3cnn(C)c3)n2)CC1. The maximum Gasteiger partial charge on any atom is 0.320 e. The summed E-state index contributed by atoms with van der Waals surface area (Å²) in [4.78, 5) is 32.7. The van der Waals surface area contributed by atoms with E-state index in [2.05, 4.69) is 10.1 Å². The molecule has 0 unspecified atom stereocenters. The van der Waals surface area contributed by atoms with Gasteiger partial charge in [0.05, 0.1) is 19.3 Å². The lowest BCUT2D eigenvalue weighted by atomic mass is 10.3. The molecule has 0 saturated carbocycles. The van der Waals surface area contributed by atoms with Gasteiger partial charge in [-0.2, -0.15) is 5.10 Å². The molecule has 3 rings (SSSR count). The Morgan fingerprint density at radius 1 is 1.27 bits per heavy atom. The molecule has 0 spiro atoms. The molecule has 2 aromatic rings. The number of carbonyl (C=O) groups excluding carboxylic acids is 2. The quantitative estimate of drug-likeness (QED) is 0.730. The first-order valence-corrected chi connectivity index (χ1v) is 9.56. The Kier molecular flexibility index (Phi) is 6.00. The Bertz CT molecular complexity index is 772. The summed E-state index contributed by atoms with van der Waals surface area (Å²) in [7, 11) is 1.85. The molecule has 8 nitrogen and oxygen atoms in total. The molecule has 2 aromatic heterocycles. The lowest BCUT2D eigenvalue weighted by molar-refractivity contribution is -0.144. The predicted octanol–water partition coefficient (Wildman–Crippen LogP) is 1.25. The Balaban J connectivity index is 1.60. The molecular formula is C17H23N5O3S. The molecule has 3 heterocycles. The predicted molar refractivity (Wildman–Crippen MR) is 97.9 cm³/mol. The van der Waals surface area contributed by atoms with Crippen LogP contribution in [0.4, 0.5) is 0 Å². The number of hydrogen-bond donors (Lipinski definition) is 0. The summed E-state index contributed by atoms with van der Waals surface area (Å²) in [5, 5.41) is 6.73. The number of amides is 1. The van der Waals surface area contributed by atoms with Crippen LogP contribution in [0.3, 0.4) is 0 Å². The van der Waals surface area contributed by atoms with Crippen LogP contribution in [0.25, 0.3) is 10.6 Å². The van der Waals surface area contributed by atoms with Crippen molar-refractivity contribution in [1.82, 2.24) is 24.6 Å². The molecule has 0 radical (unpaired) electrons. The molecule has 0 bridgehead atoms. The third-order valence-corrected chi connectivity index (χ3v) is 5.10. The Morgan fingerprint density at radius 2 is 2.12 bits per heavy atom. The van der Waals surface area contributed by atoms with E-state index in [4.69, 9.17) is 4.74 Å². The number of thiazole rings is 1. The molecule has 140 valence electrons. The molecule has 1 fully saturated rings. The van der Waals surface area contributed by atoms with E-state index in [0.717, 1.165) is 23.5 Å². The third kappa shape index (κ3) is 4.47. The van der Waals surface area contributed by atoms with Gasteiger partial charge in [0.1, 0.15) is 10.7 Å². The van der Waals surface area contributed by atoms with E-state index in [0.29, 0.717) is 31.9 Å². The summed E-state index contributed by atoms with van der Waals surface area (Å²) in [6, 6.07) is 0. The van der Waals surface area contributed by atoms with Gasteiger partial charge in [0.15, 0.2) is 0 Å². The smallest absolute Gasteiger partial charge is 0.320 e. The number of rotatable bonds is 5. The minimum Gasteiger partial charge on any atom is -0.465 e. The Hall–Kier alpha value is -2.26. The van der Waals surface area contributed by atoms with Gasteiger partial charge in [-0.25, -0.2) is 4.98 Å². The first-order valence-electron chi connectivity index (χ1n) is 8.68. The van der Waals surface area contributed by atoms with Crippen molar-refractivity contribution in [3.05, 3.63) is 23.5 Å². The van der Waals surface area contributed by atoms with Gasteiger partial charge < -0.3 is 9.64 Å². The van der Waals surface area contributed by atoms with Crippen molar-refractivity contribution in [2.24, 2.45) is 7.05 Å². The van der Waals surface area contributed by atoms with Crippen LogP contribution in [0, 0.1) is 0 Å². The lowest BCUT2D eigenvalue weighted by Crippen LogP contribution is -2.37. The van der Waals surface area contributed by atoms with E-state index in [1.807, 2.05) is 23.0 Å². The van der Waals surface area contributed by atoms with Gasteiger partial charge in [-0.1, -0.05) is 0 Å². The number of aryl methyl sites for hydroxylation is 1. The standard InChI is InChI=1S/C17H23N5O3S/c1-3-25-15(23)11-21-5-4-6-22(8-7-21)17(24)14-12-26-16(19-14)13-9-18-20(2)10-13/h9-10,12H,3-8,11H2,1-2H3. The molecule has 26 heavy (non-hydrogen) atoms. The zero-order chi connectivity index (χ0) is 18.5. The van der Waals surface area contributed by atoms with E-state index >= 15 is 0 Å². The fourth-order valence-electron chi connectivity index (χ4n) is 2.92. The maximum atomic E-state index is 12.8. The highest BCUT2D eigenvalue weighted by Crippen LogP contribution is 2.23. The first-order chi connectivity index (χ1) is 12.6. The molecular weight excluding hydrogens is 354 g/mol. The summed E-state index contributed by atoms with van der Waals surface area (Å²) >= 11 is 1.44. The van der Waals surface area contributed by atoms with E-state index in [-0.39, 0.29) is 18.4 Å². The van der Waals surface area contributed by atoms with Gasteiger partial charge in [-0.15, -0.1) is 11.3 Å². The second-order valence-electron chi connectivity index (χ2n) is 6.17. The van der Waals surface area contributed by atoms with Crippen LogP contribution >= 0.6 is 11.3 Å². The van der Waals surface area contributed by atoms with E-state index in [9.17, 15) is 9.59 Å². The minimum absolute atomic E-state index is 0.0608. The highest BCUT2D eigenvalue weighted by molar-refractivity contribution is 7.13. The highest BCUT2D eigenvalue weighted by atomic mass is 32.1. The van der Waals surface area contributed by atoms with Gasteiger partial charge in [0.2, 0.25) is 0 Å². The van der Waals surface area contributed by atoms with Gasteiger partial charge >= 0.3 is 5.97 Å². The maximum absolute atomic E-state index is 12.8. The molecule has 1 amide bonds. The number of ether oxygens (including phenoxy) is 1. The minimum atomic E-state index is -0.215. The monoisotopic (exact) mass is 377 g/mol. The fraction of sp³-hybridized carbons (Fsp3) is 0.529. The molecule has 1 aliphatic rings. The second-order valence-corrected chi connectivity index (χ2v) is 7.03. The summed E-state index contributed by atoms with van der Waals surface area (Å²) < 4.78 is 6.71. The number of hydrogen-bond acceptors (Lipinski definition) is 7. The van der Waals surface area contributed by atoms with Gasteiger partial charge in [-0.05, 0) is 13.3 Å². The van der Waals surface area contributed by atoms with Crippen LogP contribution in [0.2, 0.25) is 0 Å². The van der Waals surface area contributed by atoms with Crippen molar-refractivity contribution in [3.63, 3.8) is 0 Å². The number of esters is 1. The van der Waals surface area contributed by atoms with E-state index in [1.54, 1.807) is 23.2 Å². The Labute approximate surface area is 156 Å². The highest BCUT2D eigenvalue weighted by Gasteiger charge is 2.23. The molecule has 1 saturated heterocycles. The zero-order valence-corrected chi connectivity index (χ0v) is 15.9. The normalized spacial score (nSPS) is 15.7. The number of carbonyl (C=O) groups is 2. The largest absolute Gasteiger partial charge is 0.465 e. The van der Waals surface area contributed by atoms with Crippen LogP contribution in [-0.2, 0) is 16.6 Å². The summed E-state index contributed by atoms with van der Waals surface area (Å²) in [5.74, 6) is -0.276. The van der Waals surface area contributed by atoms with Gasteiger partial charge in [0, 0.05) is 50.4 Å². The van der Waals surface area contributed by atoms with E-state index in [1.165, 1.54) is 11.3 Å². The zero-order valence-electron chi connectivity index (χ0n) is 15.1. The van der Waals surface area contributed by atoms with Crippen molar-refractivity contribution in [3.8, 4) is 10.6 Å². The van der Waals surface area contributed by atoms with Crippen LogP contribution in [0.1, 0.15) is 23.8 Å². The topological polar surface area (TPSA) is 80.6 Å². The van der Waals surface area contributed by atoms with Crippen molar-refractivity contribution in [1.29, 1.82) is 0 Å². The van der Waals surface area contributed by atoms with E-state index < -0.39 is 0 Å². The molecule has 0 N–H and O–H groups in total. The summed E-state index contributed by atoms with van der Waals surface area (Å²) in [6.45, 7) is 5.15. The van der Waals surface area contributed by atoms with Crippen molar-refractivity contribution in [2.45, 2.75) is 13.3 Å². The van der Waals surface area contributed by atoms with Crippen LogP contribution in [0.15, 0.2) is 17.8 Å². The Morgan fingerprint density at radius 3 is 2.85 bits per heavy atom. The summed E-state index contributed by atoms with van der Waals surface area (Å²) in [5.41, 5.74) is 1.38. The third-order valence-electron chi connectivity index (χ3n) is 4.21. The van der Waals surface area contributed by atoms with Crippen LogP contribution in [-0.4, -0.2) is 75.8 Å². The first kappa shape index (κ1) is 18.5. The van der Waals surface area contributed by atoms with Gasteiger partial charge in [0.25, 0.3) is 5.91 Å². The second kappa shape index (κ2) is 8.41. The average molecular weight is 377 g/mol. The van der Waals surface area contributed by atoms with Crippen LogP contribution in [0.5, 0.6) is 0 Å². The van der Waals surface area contributed by atoms with Crippen molar-refractivity contribution in [2.75, 3.05) is 39.3 Å². The fourth-order valence-corrected chi connectivity index (χ4v) is 3.69. The summed E-state index contributed by atoms with van der Waals surface area (Å²) in [6.07, 6.45) is 4.45. The number of nitrogens with zero attached hydrogens (tertiary/aromatic N) is 5.